The highest BCUT2D eigenvalue weighted by Crippen LogP contribution is 2.16. The zero-order valence-corrected chi connectivity index (χ0v) is 6.52. The van der Waals surface area contributed by atoms with Crippen LogP contribution in [0.3, 0.4) is 0 Å². The van der Waals surface area contributed by atoms with Crippen molar-refractivity contribution in [2.75, 3.05) is 0 Å². The molecule has 0 aliphatic rings. The van der Waals surface area contributed by atoms with Crippen LogP contribution in [0.15, 0.2) is 10.6 Å². The van der Waals surface area contributed by atoms with Crippen molar-refractivity contribution in [2.45, 2.75) is 19.4 Å². The van der Waals surface area contributed by atoms with Crippen LogP contribution in [-0.2, 0) is 4.79 Å². The van der Waals surface area contributed by atoms with Crippen LogP contribution in [0.2, 0.25) is 0 Å². The average Bonchev–Trinajstić information content (AvgIpc) is 2.34. The number of aliphatic hydroxyl groups is 1. The van der Waals surface area contributed by atoms with Crippen LogP contribution in [0.5, 0.6) is 0 Å². The summed E-state index contributed by atoms with van der Waals surface area (Å²) in [5, 5.41) is 21.0. The van der Waals surface area contributed by atoms with Crippen LogP contribution in [0.1, 0.15) is 24.0 Å². The lowest BCUT2D eigenvalue weighted by Crippen LogP contribution is -2.04. The van der Waals surface area contributed by atoms with Crippen molar-refractivity contribution in [3.05, 3.63) is 17.5 Å². The second-order valence-corrected chi connectivity index (χ2v) is 2.48. The number of nitrogens with zero attached hydrogens (tertiary/aromatic N) is 1. The molecule has 1 aromatic heterocycles. The molecule has 0 aliphatic heterocycles. The zero-order valence-electron chi connectivity index (χ0n) is 6.52. The summed E-state index contributed by atoms with van der Waals surface area (Å²) in [4.78, 5) is 10.2. The molecule has 0 saturated carbocycles. The van der Waals surface area contributed by atoms with Crippen molar-refractivity contribution in [1.82, 2.24) is 5.16 Å². The molecular weight excluding hydrogens is 162 g/mol. The number of hydrogen-bond donors (Lipinski definition) is 2. The molecule has 12 heavy (non-hydrogen) atoms. The van der Waals surface area contributed by atoms with Gasteiger partial charge in [0, 0.05) is 6.07 Å². The van der Waals surface area contributed by atoms with Crippen molar-refractivity contribution in [2.24, 2.45) is 0 Å². The fourth-order valence-corrected chi connectivity index (χ4v) is 0.806. The Bertz CT molecular complexity index is 281. The van der Waals surface area contributed by atoms with Crippen LogP contribution < -0.4 is 0 Å². The smallest absolute Gasteiger partial charge is 0.306 e. The van der Waals surface area contributed by atoms with Crippen LogP contribution in [0, 0.1) is 6.92 Å². The summed E-state index contributed by atoms with van der Waals surface area (Å²) >= 11 is 0. The van der Waals surface area contributed by atoms with Crippen molar-refractivity contribution < 1.29 is 19.5 Å². The third-order valence-corrected chi connectivity index (χ3v) is 1.34. The number of hydrogen-bond acceptors (Lipinski definition) is 4. The zero-order chi connectivity index (χ0) is 9.14. The van der Waals surface area contributed by atoms with E-state index in [4.69, 9.17) is 5.11 Å². The van der Waals surface area contributed by atoms with E-state index in [1.165, 1.54) is 6.07 Å². The lowest BCUT2D eigenvalue weighted by atomic mass is 10.2. The molecule has 66 valence electrons. The van der Waals surface area contributed by atoms with Gasteiger partial charge in [-0.3, -0.25) is 4.79 Å². The Morgan fingerprint density at radius 2 is 2.50 bits per heavy atom. The molecule has 0 bridgehead atoms. The maximum absolute atomic E-state index is 10.2. The van der Waals surface area contributed by atoms with Crippen LogP contribution >= 0.6 is 0 Å². The summed E-state index contributed by atoms with van der Waals surface area (Å²) in [6, 6.07) is 1.51. The van der Waals surface area contributed by atoms with Gasteiger partial charge in [0.15, 0.2) is 5.76 Å². The van der Waals surface area contributed by atoms with Gasteiger partial charge in [0.2, 0.25) is 0 Å². The Morgan fingerprint density at radius 3 is 2.92 bits per heavy atom. The highest BCUT2D eigenvalue weighted by molar-refractivity contribution is 5.67. The summed E-state index contributed by atoms with van der Waals surface area (Å²) < 4.78 is 4.66. The quantitative estimate of drug-likeness (QED) is 0.691. The minimum atomic E-state index is -1.11. The van der Waals surface area contributed by atoms with E-state index in [1.807, 2.05) is 0 Å². The molecule has 0 spiro atoms. The summed E-state index contributed by atoms with van der Waals surface area (Å²) in [6.45, 7) is 1.69. The molecule has 1 heterocycles. The molecule has 5 nitrogen and oxygen atoms in total. The first-order valence-corrected chi connectivity index (χ1v) is 3.42. The SMILES string of the molecule is Cc1cc(C(O)CC(=O)O)on1. The van der Waals surface area contributed by atoms with E-state index in [9.17, 15) is 9.90 Å². The maximum atomic E-state index is 10.2. The van der Waals surface area contributed by atoms with E-state index in [2.05, 4.69) is 9.68 Å². The molecule has 5 heteroatoms. The number of carboxylic acids is 1. The van der Waals surface area contributed by atoms with E-state index >= 15 is 0 Å². The minimum absolute atomic E-state index is 0.190. The van der Waals surface area contributed by atoms with E-state index in [-0.39, 0.29) is 12.2 Å². The normalized spacial score (nSPS) is 12.8. The molecule has 0 saturated heterocycles. The van der Waals surface area contributed by atoms with Crippen LogP contribution in [-0.4, -0.2) is 21.3 Å². The van der Waals surface area contributed by atoms with Gasteiger partial charge in [-0.25, -0.2) is 0 Å². The van der Waals surface area contributed by atoms with Gasteiger partial charge in [0.05, 0.1) is 12.1 Å². The molecule has 0 aliphatic carbocycles. The Kier molecular flexibility index (Phi) is 2.44. The summed E-state index contributed by atoms with van der Waals surface area (Å²) in [5.41, 5.74) is 0.620. The first-order valence-electron chi connectivity index (χ1n) is 3.42. The largest absolute Gasteiger partial charge is 0.481 e. The lowest BCUT2D eigenvalue weighted by Gasteiger charge is -2.00. The summed E-state index contributed by atoms with van der Waals surface area (Å²) in [5.74, 6) is -0.883. The highest BCUT2D eigenvalue weighted by Gasteiger charge is 2.16. The van der Waals surface area contributed by atoms with Crippen molar-refractivity contribution in [1.29, 1.82) is 0 Å². The molecular formula is C7H9NO4. The van der Waals surface area contributed by atoms with Gasteiger partial charge in [0.25, 0.3) is 0 Å². The van der Waals surface area contributed by atoms with Crippen molar-refractivity contribution in [3.8, 4) is 0 Å². The molecule has 0 radical (unpaired) electrons. The molecule has 2 N–H and O–H groups in total. The van der Waals surface area contributed by atoms with Crippen LogP contribution in [0.4, 0.5) is 0 Å². The first-order chi connectivity index (χ1) is 5.59. The van der Waals surface area contributed by atoms with Crippen molar-refractivity contribution in [3.63, 3.8) is 0 Å². The number of aromatic nitrogens is 1. The third-order valence-electron chi connectivity index (χ3n) is 1.34. The Morgan fingerprint density at radius 1 is 1.83 bits per heavy atom. The molecule has 1 aromatic rings. The number of aryl methyl sites for hydroxylation is 1. The second-order valence-electron chi connectivity index (χ2n) is 2.48. The van der Waals surface area contributed by atoms with Gasteiger partial charge in [-0.1, -0.05) is 5.16 Å². The standard InChI is InChI=1S/C7H9NO4/c1-4-2-6(12-8-4)5(9)3-7(10)11/h2,5,9H,3H2,1H3,(H,10,11). The number of carbonyl (C=O) groups is 1. The first kappa shape index (κ1) is 8.73. The van der Waals surface area contributed by atoms with Gasteiger partial charge in [-0.05, 0) is 6.92 Å². The van der Waals surface area contributed by atoms with E-state index in [0.29, 0.717) is 5.69 Å². The fourth-order valence-electron chi connectivity index (χ4n) is 0.806. The predicted octanol–water partition coefficient (Wildman–Crippen LogP) is 0.491. The Hall–Kier alpha value is -1.36. The van der Waals surface area contributed by atoms with Gasteiger partial charge in [-0.15, -0.1) is 0 Å². The maximum Gasteiger partial charge on any atom is 0.306 e. The average molecular weight is 171 g/mol. The number of aliphatic carboxylic acids is 1. The molecule has 0 aromatic carbocycles. The summed E-state index contributed by atoms with van der Waals surface area (Å²) in [6.07, 6.45) is -1.47. The molecule has 1 atom stereocenters. The fraction of sp³-hybridized carbons (Fsp3) is 0.429. The number of rotatable bonds is 3. The Balaban J connectivity index is 2.64. The number of carboxylic acid groups (broad SMARTS) is 1. The van der Waals surface area contributed by atoms with E-state index in [1.54, 1.807) is 6.92 Å². The predicted molar refractivity (Wildman–Crippen MR) is 38.5 cm³/mol. The van der Waals surface area contributed by atoms with Gasteiger partial charge in [-0.2, -0.15) is 0 Å². The van der Waals surface area contributed by atoms with Crippen molar-refractivity contribution >= 4 is 5.97 Å². The molecule has 1 unspecified atom stereocenters. The van der Waals surface area contributed by atoms with Gasteiger partial charge < -0.3 is 14.7 Å². The van der Waals surface area contributed by atoms with E-state index < -0.39 is 12.1 Å². The minimum Gasteiger partial charge on any atom is -0.481 e. The third kappa shape index (κ3) is 2.06. The van der Waals surface area contributed by atoms with Crippen LogP contribution in [0.25, 0.3) is 0 Å². The monoisotopic (exact) mass is 171 g/mol. The van der Waals surface area contributed by atoms with Gasteiger partial charge >= 0.3 is 5.97 Å². The lowest BCUT2D eigenvalue weighted by molar-refractivity contribution is -0.139. The number of aliphatic hydroxyl groups excluding tert-OH is 1. The topological polar surface area (TPSA) is 83.6 Å². The second kappa shape index (κ2) is 3.36. The summed E-state index contributed by atoms with van der Waals surface area (Å²) in [7, 11) is 0. The molecule has 0 amide bonds. The highest BCUT2D eigenvalue weighted by atomic mass is 16.5. The van der Waals surface area contributed by atoms with Gasteiger partial charge in [0.1, 0.15) is 6.10 Å². The molecule has 0 fully saturated rings. The molecule has 1 rings (SSSR count). The Labute approximate surface area is 68.6 Å². The van der Waals surface area contributed by atoms with E-state index in [0.717, 1.165) is 0 Å².